The first-order chi connectivity index (χ1) is 8.99. The summed E-state index contributed by atoms with van der Waals surface area (Å²) >= 11 is 0. The van der Waals surface area contributed by atoms with Gasteiger partial charge in [0.05, 0.1) is 23.1 Å². The first-order valence-electron chi connectivity index (χ1n) is 5.74. The van der Waals surface area contributed by atoms with Crippen molar-refractivity contribution in [2.24, 2.45) is 16.5 Å². The molecule has 0 aliphatic rings. The van der Waals surface area contributed by atoms with Gasteiger partial charge in [-0.05, 0) is 26.0 Å². The average Bonchev–Trinajstić information content (AvgIpc) is 2.71. The molecule has 0 saturated heterocycles. The normalized spacial score (nSPS) is 10.2. The minimum atomic E-state index is -0.490. The number of aliphatic imine (C=N–C) groups is 1. The van der Waals surface area contributed by atoms with E-state index in [9.17, 15) is 4.79 Å². The number of aromatic nitrogens is 2. The molecule has 1 heterocycles. The van der Waals surface area contributed by atoms with Gasteiger partial charge in [-0.1, -0.05) is 17.7 Å². The van der Waals surface area contributed by atoms with E-state index in [2.05, 4.69) is 10.1 Å². The van der Waals surface area contributed by atoms with E-state index in [-0.39, 0.29) is 5.96 Å². The minimum absolute atomic E-state index is 0.257. The summed E-state index contributed by atoms with van der Waals surface area (Å²) in [5, 5.41) is 4.19. The molecule has 0 spiro atoms. The Kier molecular flexibility index (Phi) is 3.33. The number of carbonyl (C=O) groups is 1. The highest BCUT2D eigenvalue weighted by Crippen LogP contribution is 2.15. The quantitative estimate of drug-likeness (QED) is 0.616. The molecule has 0 bridgehead atoms. The van der Waals surface area contributed by atoms with E-state index < -0.39 is 5.91 Å². The summed E-state index contributed by atoms with van der Waals surface area (Å²) in [6.45, 7) is 3.80. The number of hydrogen-bond donors (Lipinski definition) is 2. The van der Waals surface area contributed by atoms with Crippen LogP contribution in [-0.2, 0) is 0 Å². The van der Waals surface area contributed by atoms with Crippen LogP contribution in [0.3, 0.4) is 0 Å². The third kappa shape index (κ3) is 2.62. The Morgan fingerprint density at radius 2 is 1.84 bits per heavy atom. The van der Waals surface area contributed by atoms with Crippen LogP contribution in [0.15, 0.2) is 35.5 Å². The van der Waals surface area contributed by atoms with Crippen LogP contribution in [0.5, 0.6) is 0 Å². The number of amides is 1. The Hall–Kier alpha value is -2.63. The van der Waals surface area contributed by atoms with Gasteiger partial charge in [-0.2, -0.15) is 10.1 Å². The van der Waals surface area contributed by atoms with E-state index in [0.29, 0.717) is 11.3 Å². The lowest BCUT2D eigenvalue weighted by molar-refractivity contribution is 0.100. The molecule has 0 unspecified atom stereocenters. The summed E-state index contributed by atoms with van der Waals surface area (Å²) < 4.78 is 1.68. The molecule has 0 fully saturated rings. The van der Waals surface area contributed by atoms with Gasteiger partial charge in [0.1, 0.15) is 0 Å². The number of nitrogens with zero attached hydrogens (tertiary/aromatic N) is 3. The summed E-state index contributed by atoms with van der Waals surface area (Å²) in [6, 6.07) is 7.83. The Morgan fingerprint density at radius 3 is 2.42 bits per heavy atom. The average molecular weight is 257 g/mol. The second-order valence-electron chi connectivity index (χ2n) is 4.23. The number of nitrogens with two attached hydrogens (primary N) is 2. The summed E-state index contributed by atoms with van der Waals surface area (Å²) in [7, 11) is 0. The SMILES string of the molecule is Cc1ccc(-n2ncc(C(=O)N=C(N)N)c2C)cc1. The maximum Gasteiger partial charge on any atom is 0.283 e. The largest absolute Gasteiger partial charge is 0.370 e. The Balaban J connectivity index is 2.41. The van der Waals surface area contributed by atoms with Crippen LogP contribution in [0.4, 0.5) is 0 Å². The zero-order valence-corrected chi connectivity index (χ0v) is 10.8. The molecular formula is C13H15N5O. The van der Waals surface area contributed by atoms with Gasteiger partial charge < -0.3 is 11.5 Å². The van der Waals surface area contributed by atoms with Crippen LogP contribution in [-0.4, -0.2) is 21.6 Å². The zero-order chi connectivity index (χ0) is 14.0. The first-order valence-corrected chi connectivity index (χ1v) is 5.74. The summed E-state index contributed by atoms with van der Waals surface area (Å²) in [4.78, 5) is 15.3. The highest BCUT2D eigenvalue weighted by molar-refractivity contribution is 6.02. The van der Waals surface area contributed by atoms with Crippen molar-refractivity contribution in [3.8, 4) is 5.69 Å². The molecule has 0 aliphatic heterocycles. The molecule has 19 heavy (non-hydrogen) atoms. The van der Waals surface area contributed by atoms with Gasteiger partial charge in [-0.3, -0.25) is 4.79 Å². The highest BCUT2D eigenvalue weighted by atomic mass is 16.1. The molecule has 4 N–H and O–H groups in total. The third-order valence-corrected chi connectivity index (χ3v) is 2.75. The number of aryl methyl sites for hydroxylation is 1. The van der Waals surface area contributed by atoms with Gasteiger partial charge in [0.2, 0.25) is 0 Å². The van der Waals surface area contributed by atoms with Crippen LogP contribution in [0.25, 0.3) is 5.69 Å². The second-order valence-corrected chi connectivity index (χ2v) is 4.23. The number of benzene rings is 1. The second kappa shape index (κ2) is 4.93. The lowest BCUT2D eigenvalue weighted by atomic mass is 10.2. The van der Waals surface area contributed by atoms with Crippen LogP contribution in [0.1, 0.15) is 21.6 Å². The van der Waals surface area contributed by atoms with E-state index in [4.69, 9.17) is 11.5 Å². The zero-order valence-electron chi connectivity index (χ0n) is 10.8. The van der Waals surface area contributed by atoms with Gasteiger partial charge in [-0.25, -0.2) is 4.68 Å². The molecule has 2 aromatic rings. The van der Waals surface area contributed by atoms with E-state index >= 15 is 0 Å². The predicted molar refractivity (Wildman–Crippen MR) is 73.2 cm³/mol. The van der Waals surface area contributed by atoms with Crippen molar-refractivity contribution in [1.29, 1.82) is 0 Å². The molecule has 2 rings (SSSR count). The molecule has 0 radical (unpaired) electrons. The minimum Gasteiger partial charge on any atom is -0.370 e. The van der Waals surface area contributed by atoms with E-state index in [0.717, 1.165) is 11.3 Å². The smallest absolute Gasteiger partial charge is 0.283 e. The van der Waals surface area contributed by atoms with Crippen LogP contribution >= 0.6 is 0 Å². The lowest BCUT2D eigenvalue weighted by Gasteiger charge is -2.05. The Bertz CT molecular complexity index is 636. The molecule has 0 atom stereocenters. The third-order valence-electron chi connectivity index (χ3n) is 2.75. The van der Waals surface area contributed by atoms with Gasteiger partial charge in [-0.15, -0.1) is 0 Å². The summed E-state index contributed by atoms with van der Waals surface area (Å²) in [5.74, 6) is -0.747. The summed E-state index contributed by atoms with van der Waals surface area (Å²) in [6.07, 6.45) is 1.46. The monoisotopic (exact) mass is 257 g/mol. The van der Waals surface area contributed by atoms with Crippen molar-refractivity contribution in [2.75, 3.05) is 0 Å². The Morgan fingerprint density at radius 1 is 1.21 bits per heavy atom. The van der Waals surface area contributed by atoms with Crippen LogP contribution in [0, 0.1) is 13.8 Å². The molecular weight excluding hydrogens is 242 g/mol. The standard InChI is InChI=1S/C13H15N5O/c1-8-3-5-10(6-4-8)18-9(2)11(7-16-18)12(19)17-13(14)15/h3-7H,1-2H3,(H4,14,15,17,19). The number of hydrogen-bond acceptors (Lipinski definition) is 2. The van der Waals surface area contributed by atoms with Crippen molar-refractivity contribution >= 4 is 11.9 Å². The Labute approximate surface area is 110 Å². The topological polar surface area (TPSA) is 99.3 Å². The van der Waals surface area contributed by atoms with Crippen molar-refractivity contribution in [3.05, 3.63) is 47.3 Å². The fourth-order valence-corrected chi connectivity index (χ4v) is 1.74. The summed E-state index contributed by atoms with van der Waals surface area (Å²) in [5.41, 5.74) is 13.5. The maximum atomic E-state index is 11.8. The van der Waals surface area contributed by atoms with Gasteiger partial charge in [0.15, 0.2) is 5.96 Å². The van der Waals surface area contributed by atoms with Crippen LogP contribution in [0.2, 0.25) is 0 Å². The van der Waals surface area contributed by atoms with E-state index in [1.165, 1.54) is 6.20 Å². The lowest BCUT2D eigenvalue weighted by Crippen LogP contribution is -2.24. The molecule has 0 aliphatic carbocycles. The van der Waals surface area contributed by atoms with Crippen molar-refractivity contribution in [2.45, 2.75) is 13.8 Å². The predicted octanol–water partition coefficient (Wildman–Crippen LogP) is 0.903. The number of rotatable bonds is 2. The number of carbonyl (C=O) groups excluding carboxylic acids is 1. The molecule has 0 saturated carbocycles. The molecule has 98 valence electrons. The molecule has 1 aromatic heterocycles. The molecule has 6 nitrogen and oxygen atoms in total. The van der Waals surface area contributed by atoms with Gasteiger partial charge in [0.25, 0.3) is 5.91 Å². The van der Waals surface area contributed by atoms with E-state index in [1.54, 1.807) is 11.6 Å². The maximum absolute atomic E-state index is 11.8. The fourth-order valence-electron chi connectivity index (χ4n) is 1.74. The number of guanidine groups is 1. The van der Waals surface area contributed by atoms with E-state index in [1.807, 2.05) is 31.2 Å². The highest BCUT2D eigenvalue weighted by Gasteiger charge is 2.14. The van der Waals surface area contributed by atoms with Crippen molar-refractivity contribution in [1.82, 2.24) is 9.78 Å². The first kappa shape index (κ1) is 12.8. The fraction of sp³-hybridized carbons (Fsp3) is 0.154. The van der Waals surface area contributed by atoms with Crippen molar-refractivity contribution < 1.29 is 4.79 Å². The molecule has 6 heteroatoms. The van der Waals surface area contributed by atoms with Gasteiger partial charge >= 0.3 is 0 Å². The molecule has 1 aromatic carbocycles. The van der Waals surface area contributed by atoms with Crippen LogP contribution < -0.4 is 11.5 Å². The van der Waals surface area contributed by atoms with Crippen molar-refractivity contribution in [3.63, 3.8) is 0 Å². The van der Waals surface area contributed by atoms with Gasteiger partial charge in [0, 0.05) is 0 Å². The molecule has 1 amide bonds.